The Morgan fingerprint density at radius 3 is 2.47 bits per heavy atom. The normalized spacial score (nSPS) is 15.6. The number of nitrogens with two attached hydrogens (primary N) is 1. The third kappa shape index (κ3) is 5.06. The van der Waals surface area contributed by atoms with Gasteiger partial charge in [-0.05, 0) is 24.3 Å². The lowest BCUT2D eigenvalue weighted by Crippen LogP contribution is -2.39. The quantitative estimate of drug-likeness (QED) is 0.560. The summed E-state index contributed by atoms with van der Waals surface area (Å²) in [6.45, 7) is 5.66. The molecule has 1 aromatic carbocycles. The third-order valence-electron chi connectivity index (χ3n) is 3.06. The predicted molar refractivity (Wildman–Crippen MR) is 80.5 cm³/mol. The van der Waals surface area contributed by atoms with Crippen molar-refractivity contribution < 1.29 is 4.74 Å². The molecule has 1 aromatic rings. The van der Waals surface area contributed by atoms with Crippen LogP contribution in [0.25, 0.3) is 0 Å². The molecule has 1 heterocycles. The Hall–Kier alpha value is -1.30. The van der Waals surface area contributed by atoms with E-state index < -0.39 is 0 Å². The van der Waals surface area contributed by atoms with E-state index in [-0.39, 0.29) is 18.2 Å². The maximum Gasteiger partial charge on any atom is 0.122 e. The van der Waals surface area contributed by atoms with Crippen molar-refractivity contribution in [2.24, 2.45) is 5.73 Å². The van der Waals surface area contributed by atoms with E-state index in [0.717, 1.165) is 50.6 Å². The molecule has 19 heavy (non-hydrogen) atoms. The van der Waals surface area contributed by atoms with E-state index in [1.54, 1.807) is 0 Å². The standard InChI is InChI=1S/C13H20N4O.ClH/c14-13(15)11-1-3-12(4-2-11)16-5-6-17-7-9-18-10-8-17;/h1-4,16H,5-10H2,(H3,14,15);1H. The molecular formula is C13H21ClN4O. The van der Waals surface area contributed by atoms with Crippen LogP contribution in [-0.4, -0.2) is 50.1 Å². The zero-order valence-corrected chi connectivity index (χ0v) is 11.7. The molecule has 1 aliphatic heterocycles. The van der Waals surface area contributed by atoms with Gasteiger partial charge in [-0.25, -0.2) is 0 Å². The van der Waals surface area contributed by atoms with Crippen LogP contribution in [0, 0.1) is 5.41 Å². The zero-order chi connectivity index (χ0) is 12.8. The van der Waals surface area contributed by atoms with Crippen LogP contribution in [0.1, 0.15) is 5.56 Å². The average Bonchev–Trinajstić information content (AvgIpc) is 2.40. The number of nitrogens with one attached hydrogen (secondary N) is 2. The molecule has 2 rings (SSSR count). The highest BCUT2D eigenvalue weighted by atomic mass is 35.5. The monoisotopic (exact) mass is 284 g/mol. The van der Waals surface area contributed by atoms with Gasteiger partial charge in [0.05, 0.1) is 13.2 Å². The number of nitrogen functional groups attached to an aromatic ring is 1. The summed E-state index contributed by atoms with van der Waals surface area (Å²) < 4.78 is 5.31. The maximum absolute atomic E-state index is 7.32. The van der Waals surface area contributed by atoms with Crippen molar-refractivity contribution >= 4 is 23.9 Å². The number of amidine groups is 1. The second-order valence-electron chi connectivity index (χ2n) is 4.37. The second kappa shape index (κ2) is 7.99. The summed E-state index contributed by atoms with van der Waals surface area (Å²) in [6, 6.07) is 7.63. The van der Waals surface area contributed by atoms with Gasteiger partial charge in [0.25, 0.3) is 0 Å². The van der Waals surface area contributed by atoms with Gasteiger partial charge >= 0.3 is 0 Å². The van der Waals surface area contributed by atoms with Gasteiger partial charge in [0, 0.05) is 37.4 Å². The Labute approximate surface area is 120 Å². The van der Waals surface area contributed by atoms with Crippen LogP contribution < -0.4 is 11.1 Å². The van der Waals surface area contributed by atoms with Crippen LogP contribution in [0.15, 0.2) is 24.3 Å². The minimum Gasteiger partial charge on any atom is -0.384 e. The van der Waals surface area contributed by atoms with Crippen molar-refractivity contribution in [1.29, 1.82) is 5.41 Å². The Morgan fingerprint density at radius 2 is 1.89 bits per heavy atom. The van der Waals surface area contributed by atoms with Gasteiger partial charge in [-0.3, -0.25) is 10.3 Å². The van der Waals surface area contributed by atoms with Gasteiger partial charge < -0.3 is 15.8 Å². The van der Waals surface area contributed by atoms with E-state index >= 15 is 0 Å². The molecule has 1 aliphatic rings. The molecule has 0 atom stereocenters. The number of benzene rings is 1. The predicted octanol–water partition coefficient (Wildman–Crippen LogP) is 1.14. The maximum atomic E-state index is 7.32. The minimum atomic E-state index is 0. The SMILES string of the molecule is Cl.N=C(N)c1ccc(NCCN2CCOCC2)cc1. The fourth-order valence-corrected chi connectivity index (χ4v) is 1.95. The van der Waals surface area contributed by atoms with Crippen LogP contribution >= 0.6 is 12.4 Å². The van der Waals surface area contributed by atoms with E-state index in [1.165, 1.54) is 0 Å². The summed E-state index contributed by atoms with van der Waals surface area (Å²) in [4.78, 5) is 2.39. The number of morpholine rings is 1. The molecule has 5 nitrogen and oxygen atoms in total. The lowest BCUT2D eigenvalue weighted by molar-refractivity contribution is 0.0398. The van der Waals surface area contributed by atoms with E-state index in [1.807, 2.05) is 24.3 Å². The van der Waals surface area contributed by atoms with E-state index in [4.69, 9.17) is 15.9 Å². The molecule has 0 radical (unpaired) electrons. The summed E-state index contributed by atoms with van der Waals surface area (Å²) in [7, 11) is 0. The van der Waals surface area contributed by atoms with Crippen molar-refractivity contribution in [3.8, 4) is 0 Å². The van der Waals surface area contributed by atoms with Gasteiger partial charge in [-0.2, -0.15) is 0 Å². The number of rotatable bonds is 5. The lowest BCUT2D eigenvalue weighted by atomic mass is 10.2. The molecule has 0 aliphatic carbocycles. The first kappa shape index (κ1) is 15.8. The molecule has 0 bridgehead atoms. The third-order valence-corrected chi connectivity index (χ3v) is 3.06. The van der Waals surface area contributed by atoms with Gasteiger partial charge in [0.2, 0.25) is 0 Å². The molecule has 1 saturated heterocycles. The van der Waals surface area contributed by atoms with Crippen LogP contribution in [0.5, 0.6) is 0 Å². The number of ether oxygens (including phenoxy) is 1. The lowest BCUT2D eigenvalue weighted by Gasteiger charge is -2.26. The Morgan fingerprint density at radius 1 is 1.26 bits per heavy atom. The van der Waals surface area contributed by atoms with E-state index in [2.05, 4.69) is 10.2 Å². The smallest absolute Gasteiger partial charge is 0.122 e. The summed E-state index contributed by atoms with van der Waals surface area (Å²) >= 11 is 0. The average molecular weight is 285 g/mol. The van der Waals surface area contributed by atoms with E-state index in [0.29, 0.717) is 0 Å². The van der Waals surface area contributed by atoms with Crippen LogP contribution in [0.3, 0.4) is 0 Å². The van der Waals surface area contributed by atoms with Crippen molar-refractivity contribution in [3.63, 3.8) is 0 Å². The molecule has 1 fully saturated rings. The van der Waals surface area contributed by atoms with Gasteiger partial charge in [0.1, 0.15) is 5.84 Å². The first-order valence-corrected chi connectivity index (χ1v) is 6.24. The van der Waals surface area contributed by atoms with Crippen molar-refractivity contribution in [1.82, 2.24) is 4.90 Å². The van der Waals surface area contributed by atoms with Gasteiger partial charge in [-0.15, -0.1) is 12.4 Å². The molecule has 0 saturated carbocycles. The molecule has 0 aromatic heterocycles. The summed E-state index contributed by atoms with van der Waals surface area (Å²) in [6.07, 6.45) is 0. The van der Waals surface area contributed by atoms with Crippen molar-refractivity contribution in [2.45, 2.75) is 0 Å². The molecule has 0 unspecified atom stereocenters. The highest BCUT2D eigenvalue weighted by Crippen LogP contribution is 2.08. The molecule has 106 valence electrons. The van der Waals surface area contributed by atoms with Crippen molar-refractivity contribution in [3.05, 3.63) is 29.8 Å². The first-order valence-electron chi connectivity index (χ1n) is 6.24. The van der Waals surface area contributed by atoms with Gasteiger partial charge in [-0.1, -0.05) is 0 Å². The Bertz CT molecular complexity index is 390. The van der Waals surface area contributed by atoms with Crippen LogP contribution in [0.4, 0.5) is 5.69 Å². The van der Waals surface area contributed by atoms with Gasteiger partial charge in [0.15, 0.2) is 0 Å². The summed E-state index contributed by atoms with van der Waals surface area (Å²) in [5.41, 5.74) is 7.23. The number of halogens is 1. The molecular weight excluding hydrogens is 264 g/mol. The number of nitrogens with zero attached hydrogens (tertiary/aromatic N) is 1. The number of hydrogen-bond acceptors (Lipinski definition) is 4. The van der Waals surface area contributed by atoms with Crippen LogP contribution in [0.2, 0.25) is 0 Å². The topological polar surface area (TPSA) is 74.4 Å². The number of anilines is 1. The highest BCUT2D eigenvalue weighted by Gasteiger charge is 2.08. The summed E-state index contributed by atoms with van der Waals surface area (Å²) in [5.74, 6) is 0.106. The highest BCUT2D eigenvalue weighted by molar-refractivity contribution is 5.95. The summed E-state index contributed by atoms with van der Waals surface area (Å²) in [5, 5.41) is 10.7. The molecule has 6 heteroatoms. The number of hydrogen-bond donors (Lipinski definition) is 3. The second-order valence-corrected chi connectivity index (χ2v) is 4.37. The fraction of sp³-hybridized carbons (Fsp3) is 0.462. The minimum absolute atomic E-state index is 0. The molecule has 0 amide bonds. The van der Waals surface area contributed by atoms with Crippen molar-refractivity contribution in [2.75, 3.05) is 44.7 Å². The van der Waals surface area contributed by atoms with Crippen LogP contribution in [-0.2, 0) is 4.74 Å². The first-order chi connectivity index (χ1) is 8.75. The Balaban J connectivity index is 0.00000180. The molecule has 0 spiro atoms. The fourth-order valence-electron chi connectivity index (χ4n) is 1.95. The zero-order valence-electron chi connectivity index (χ0n) is 10.9. The molecule has 4 N–H and O–H groups in total. The Kier molecular flexibility index (Phi) is 6.62. The largest absolute Gasteiger partial charge is 0.384 e. The van der Waals surface area contributed by atoms with E-state index in [9.17, 15) is 0 Å².